The highest BCUT2D eigenvalue weighted by molar-refractivity contribution is 5.98. The number of benzene rings is 1. The average molecular weight is 226 g/mol. The predicted octanol–water partition coefficient (Wildman–Crippen LogP) is 2.57. The number of carbonyl (C=O) groups is 1. The first-order valence-electron chi connectivity index (χ1n) is 5.26. The minimum absolute atomic E-state index is 0.319. The van der Waals surface area contributed by atoms with Crippen LogP contribution in [0.25, 0.3) is 0 Å². The number of Topliss-reactive ketones (excluding diaryl/α,β-unsaturated/α-hetero) is 1. The van der Waals surface area contributed by atoms with E-state index in [1.54, 1.807) is 0 Å². The van der Waals surface area contributed by atoms with Gasteiger partial charge in [-0.25, -0.2) is 8.78 Å². The van der Waals surface area contributed by atoms with Crippen LogP contribution in [-0.4, -0.2) is 19.0 Å². The Kier molecular flexibility index (Phi) is 3.29. The van der Waals surface area contributed by atoms with Gasteiger partial charge in [0, 0.05) is 19.1 Å². The van der Waals surface area contributed by atoms with Crippen molar-refractivity contribution in [2.45, 2.75) is 12.8 Å². The summed E-state index contributed by atoms with van der Waals surface area (Å²) in [5, 5.41) is 0. The van der Waals surface area contributed by atoms with E-state index < -0.39 is 23.0 Å². The molecule has 0 aromatic heterocycles. The summed E-state index contributed by atoms with van der Waals surface area (Å²) in [7, 11) is 0. The molecule has 1 fully saturated rings. The van der Waals surface area contributed by atoms with Gasteiger partial charge in [-0.05, 0) is 25.0 Å². The number of halogens is 2. The second-order valence-corrected chi connectivity index (χ2v) is 3.85. The second-order valence-electron chi connectivity index (χ2n) is 3.85. The van der Waals surface area contributed by atoms with E-state index in [0.29, 0.717) is 26.1 Å². The quantitative estimate of drug-likeness (QED) is 0.724. The molecular formula is C12H12F2O2. The van der Waals surface area contributed by atoms with Crippen LogP contribution in [0.4, 0.5) is 8.78 Å². The van der Waals surface area contributed by atoms with Gasteiger partial charge in [-0.1, -0.05) is 6.07 Å². The Morgan fingerprint density at radius 3 is 2.31 bits per heavy atom. The van der Waals surface area contributed by atoms with Crippen molar-refractivity contribution in [3.8, 4) is 0 Å². The Morgan fingerprint density at radius 1 is 1.19 bits per heavy atom. The van der Waals surface area contributed by atoms with Crippen molar-refractivity contribution in [1.29, 1.82) is 0 Å². The van der Waals surface area contributed by atoms with Crippen LogP contribution in [0.15, 0.2) is 18.2 Å². The highest BCUT2D eigenvalue weighted by Gasteiger charge is 2.27. The Balaban J connectivity index is 2.26. The number of hydrogen-bond acceptors (Lipinski definition) is 2. The maximum absolute atomic E-state index is 13.4. The number of hydrogen-bond donors (Lipinski definition) is 0. The largest absolute Gasteiger partial charge is 0.381 e. The lowest BCUT2D eigenvalue weighted by Crippen LogP contribution is -2.25. The zero-order valence-corrected chi connectivity index (χ0v) is 8.71. The van der Waals surface area contributed by atoms with E-state index in [2.05, 4.69) is 0 Å². The van der Waals surface area contributed by atoms with Gasteiger partial charge in [0.15, 0.2) is 5.78 Å². The molecule has 0 radical (unpaired) electrons. The molecule has 16 heavy (non-hydrogen) atoms. The summed E-state index contributed by atoms with van der Waals surface area (Å²) in [6.07, 6.45) is 1.07. The summed E-state index contributed by atoms with van der Waals surface area (Å²) in [6, 6.07) is 3.47. The summed E-state index contributed by atoms with van der Waals surface area (Å²) >= 11 is 0. The minimum Gasteiger partial charge on any atom is -0.381 e. The van der Waals surface area contributed by atoms with Crippen molar-refractivity contribution >= 4 is 5.78 Å². The third-order valence-electron chi connectivity index (χ3n) is 2.80. The molecule has 0 aliphatic carbocycles. The van der Waals surface area contributed by atoms with Crippen LogP contribution in [0.1, 0.15) is 23.2 Å². The van der Waals surface area contributed by atoms with Crippen molar-refractivity contribution in [2.24, 2.45) is 5.92 Å². The first-order valence-corrected chi connectivity index (χ1v) is 5.26. The number of ketones is 1. The molecule has 2 rings (SSSR count). The van der Waals surface area contributed by atoms with Gasteiger partial charge >= 0.3 is 0 Å². The van der Waals surface area contributed by atoms with Crippen LogP contribution in [-0.2, 0) is 4.74 Å². The predicted molar refractivity (Wildman–Crippen MR) is 54.2 cm³/mol. The fraction of sp³-hybridized carbons (Fsp3) is 0.417. The van der Waals surface area contributed by atoms with Crippen molar-refractivity contribution in [1.82, 2.24) is 0 Å². The van der Waals surface area contributed by atoms with Gasteiger partial charge in [-0.15, -0.1) is 0 Å². The standard InChI is InChI=1S/C12H12F2O2/c13-9-2-1-3-10(14)11(9)12(15)8-4-6-16-7-5-8/h1-3,8H,4-7H2. The van der Waals surface area contributed by atoms with E-state index in [9.17, 15) is 13.6 Å². The van der Waals surface area contributed by atoms with Crippen molar-refractivity contribution in [3.63, 3.8) is 0 Å². The molecule has 0 N–H and O–H groups in total. The fourth-order valence-electron chi connectivity index (χ4n) is 1.90. The topological polar surface area (TPSA) is 26.3 Å². The SMILES string of the molecule is O=C(c1c(F)cccc1F)C1CCOCC1. The highest BCUT2D eigenvalue weighted by atomic mass is 19.1. The molecule has 1 aromatic rings. The Labute approximate surface area is 92.2 Å². The third kappa shape index (κ3) is 2.11. The van der Waals surface area contributed by atoms with Crippen LogP contribution >= 0.6 is 0 Å². The summed E-state index contributed by atoms with van der Waals surface area (Å²) in [4.78, 5) is 11.9. The van der Waals surface area contributed by atoms with E-state index in [1.165, 1.54) is 6.07 Å². The summed E-state index contributed by atoms with van der Waals surface area (Å²) in [6.45, 7) is 0.957. The molecule has 0 amide bonds. The van der Waals surface area contributed by atoms with Crippen molar-refractivity contribution in [2.75, 3.05) is 13.2 Å². The van der Waals surface area contributed by atoms with E-state index in [4.69, 9.17) is 4.74 Å². The van der Waals surface area contributed by atoms with Crippen LogP contribution in [0.2, 0.25) is 0 Å². The molecule has 4 heteroatoms. The molecule has 0 saturated carbocycles. The molecule has 1 aliphatic heterocycles. The van der Waals surface area contributed by atoms with E-state index >= 15 is 0 Å². The summed E-state index contributed by atoms with van der Waals surface area (Å²) in [5.74, 6) is -2.33. The number of carbonyl (C=O) groups excluding carboxylic acids is 1. The van der Waals surface area contributed by atoms with Gasteiger partial charge in [0.25, 0.3) is 0 Å². The summed E-state index contributed by atoms with van der Waals surface area (Å²) < 4.78 is 31.8. The molecule has 1 heterocycles. The molecule has 1 aliphatic rings. The van der Waals surface area contributed by atoms with Gasteiger partial charge < -0.3 is 4.74 Å². The lowest BCUT2D eigenvalue weighted by atomic mass is 9.90. The third-order valence-corrected chi connectivity index (χ3v) is 2.80. The highest BCUT2D eigenvalue weighted by Crippen LogP contribution is 2.23. The lowest BCUT2D eigenvalue weighted by molar-refractivity contribution is 0.0539. The van der Waals surface area contributed by atoms with E-state index in [0.717, 1.165) is 12.1 Å². The average Bonchev–Trinajstić information content (AvgIpc) is 2.30. The second kappa shape index (κ2) is 4.70. The van der Waals surface area contributed by atoms with Gasteiger partial charge in [-0.3, -0.25) is 4.79 Å². The van der Waals surface area contributed by atoms with Crippen LogP contribution in [0, 0.1) is 17.6 Å². The van der Waals surface area contributed by atoms with Crippen molar-refractivity contribution < 1.29 is 18.3 Å². The van der Waals surface area contributed by atoms with Crippen LogP contribution < -0.4 is 0 Å². The Morgan fingerprint density at radius 2 is 1.75 bits per heavy atom. The molecular weight excluding hydrogens is 214 g/mol. The molecule has 0 bridgehead atoms. The minimum atomic E-state index is -0.781. The van der Waals surface area contributed by atoms with Crippen molar-refractivity contribution in [3.05, 3.63) is 35.4 Å². The Bertz CT molecular complexity index is 378. The smallest absolute Gasteiger partial charge is 0.172 e. The van der Waals surface area contributed by atoms with E-state index in [1.807, 2.05) is 0 Å². The van der Waals surface area contributed by atoms with Gasteiger partial charge in [-0.2, -0.15) is 0 Å². The zero-order valence-electron chi connectivity index (χ0n) is 8.71. The normalized spacial score (nSPS) is 17.4. The van der Waals surface area contributed by atoms with Gasteiger partial charge in [0.2, 0.25) is 0 Å². The molecule has 0 unspecified atom stereocenters. The molecule has 0 atom stereocenters. The molecule has 86 valence electrons. The monoisotopic (exact) mass is 226 g/mol. The maximum Gasteiger partial charge on any atom is 0.172 e. The number of ether oxygens (including phenoxy) is 1. The first kappa shape index (κ1) is 11.2. The zero-order chi connectivity index (χ0) is 11.5. The van der Waals surface area contributed by atoms with Gasteiger partial charge in [0.1, 0.15) is 11.6 Å². The molecule has 1 aromatic carbocycles. The van der Waals surface area contributed by atoms with Crippen LogP contribution in [0.5, 0.6) is 0 Å². The number of rotatable bonds is 2. The first-order chi connectivity index (χ1) is 7.70. The molecule has 2 nitrogen and oxygen atoms in total. The van der Waals surface area contributed by atoms with E-state index in [-0.39, 0.29) is 5.92 Å². The summed E-state index contributed by atoms with van der Waals surface area (Å²) in [5.41, 5.74) is -0.408. The fourth-order valence-corrected chi connectivity index (χ4v) is 1.90. The molecule has 0 spiro atoms. The lowest BCUT2D eigenvalue weighted by Gasteiger charge is -2.21. The molecule has 1 saturated heterocycles. The van der Waals surface area contributed by atoms with Gasteiger partial charge in [0.05, 0.1) is 5.56 Å². The maximum atomic E-state index is 13.4. The Hall–Kier alpha value is -1.29. The van der Waals surface area contributed by atoms with Crippen LogP contribution in [0.3, 0.4) is 0 Å².